The molecule has 0 spiro atoms. The molecule has 0 fully saturated rings. The molecule has 0 saturated carbocycles. The largest absolute Gasteiger partial charge is 0.450 e. The van der Waals surface area contributed by atoms with E-state index in [-0.39, 0.29) is 21.4 Å². The summed E-state index contributed by atoms with van der Waals surface area (Å²) in [6.07, 6.45) is 0. The van der Waals surface area contributed by atoms with Crippen LogP contribution in [0.25, 0.3) is 11.0 Å². The molecular weight excluding hydrogens is 467 g/mol. The minimum atomic E-state index is -3.81. The van der Waals surface area contributed by atoms with Crippen LogP contribution in [-0.4, -0.2) is 45.3 Å². The number of carbonyl (C=O) groups excluding carboxylic acids is 2. The van der Waals surface area contributed by atoms with Crippen molar-refractivity contribution in [2.24, 2.45) is 0 Å². The van der Waals surface area contributed by atoms with E-state index in [0.29, 0.717) is 21.6 Å². The third-order valence-electron chi connectivity index (χ3n) is 4.39. The monoisotopic (exact) mass is 484 g/mol. The molecule has 31 heavy (non-hydrogen) atoms. The van der Waals surface area contributed by atoms with Crippen LogP contribution in [0.4, 0.5) is 5.69 Å². The molecule has 3 aromatic rings. The predicted octanol–water partition coefficient (Wildman–Crippen LogP) is 4.09. The number of nitrogens with zero attached hydrogens (tertiary/aromatic N) is 1. The van der Waals surface area contributed by atoms with Gasteiger partial charge in [-0.05, 0) is 43.3 Å². The first-order chi connectivity index (χ1) is 14.5. The maximum atomic E-state index is 12.4. The molecule has 0 aliphatic heterocycles. The Bertz CT molecular complexity index is 1280. The van der Waals surface area contributed by atoms with Crippen LogP contribution in [0.1, 0.15) is 16.1 Å². The number of anilines is 1. The Hall–Kier alpha value is -2.59. The Morgan fingerprint density at radius 3 is 2.52 bits per heavy atom. The number of hydrogen-bond acceptors (Lipinski definition) is 6. The summed E-state index contributed by atoms with van der Waals surface area (Å²) in [6, 6.07) is 8.94. The molecule has 1 amide bonds. The number of hydrogen-bond donors (Lipinski definition) is 1. The average Bonchev–Trinajstić information content (AvgIpc) is 3.03. The maximum Gasteiger partial charge on any atom is 0.375 e. The van der Waals surface area contributed by atoms with Crippen molar-refractivity contribution in [3.05, 3.63) is 57.8 Å². The third-order valence-corrected chi connectivity index (χ3v) is 6.92. The molecular formula is C20H18Cl2N2O6S. The molecule has 0 atom stereocenters. The van der Waals surface area contributed by atoms with Crippen molar-refractivity contribution in [1.29, 1.82) is 0 Å². The molecule has 8 nitrogen and oxygen atoms in total. The van der Waals surface area contributed by atoms with Gasteiger partial charge in [0.25, 0.3) is 5.91 Å². The first-order valence-electron chi connectivity index (χ1n) is 8.88. The van der Waals surface area contributed by atoms with Gasteiger partial charge in [0.15, 0.2) is 6.61 Å². The lowest BCUT2D eigenvalue weighted by Crippen LogP contribution is -2.23. The van der Waals surface area contributed by atoms with Gasteiger partial charge in [0.05, 0.1) is 5.02 Å². The number of halogens is 2. The summed E-state index contributed by atoms with van der Waals surface area (Å²) < 4.78 is 36.2. The van der Waals surface area contributed by atoms with Gasteiger partial charge in [-0.1, -0.05) is 23.2 Å². The highest BCUT2D eigenvalue weighted by molar-refractivity contribution is 7.89. The molecule has 1 heterocycles. The molecule has 0 radical (unpaired) electrons. The van der Waals surface area contributed by atoms with Gasteiger partial charge in [-0.3, -0.25) is 4.79 Å². The van der Waals surface area contributed by atoms with Gasteiger partial charge in [0, 0.05) is 35.8 Å². The van der Waals surface area contributed by atoms with Crippen molar-refractivity contribution in [3.8, 4) is 0 Å². The zero-order chi connectivity index (χ0) is 22.9. The van der Waals surface area contributed by atoms with Crippen LogP contribution in [-0.2, 0) is 19.6 Å². The molecule has 0 saturated heterocycles. The standard InChI is InChI=1S/C20H18Cl2N2O6S/c1-11-14-8-12(21)4-7-16(14)30-19(11)20(26)29-10-18(25)23-13-5-6-15(22)17(9-13)31(27,28)24(2)3/h4-9H,10H2,1-3H3,(H,23,25). The Labute approximate surface area is 188 Å². The second-order valence-electron chi connectivity index (χ2n) is 6.75. The van der Waals surface area contributed by atoms with Crippen LogP contribution in [0.15, 0.2) is 45.7 Å². The first kappa shape index (κ1) is 23.1. The Morgan fingerprint density at radius 1 is 1.13 bits per heavy atom. The lowest BCUT2D eigenvalue weighted by Gasteiger charge is -2.14. The van der Waals surface area contributed by atoms with Gasteiger partial charge in [-0.2, -0.15) is 0 Å². The van der Waals surface area contributed by atoms with E-state index < -0.39 is 28.5 Å². The molecule has 2 aromatic carbocycles. The van der Waals surface area contributed by atoms with E-state index in [9.17, 15) is 18.0 Å². The fourth-order valence-electron chi connectivity index (χ4n) is 2.76. The number of amides is 1. The average molecular weight is 485 g/mol. The van der Waals surface area contributed by atoms with E-state index in [2.05, 4.69) is 5.32 Å². The summed E-state index contributed by atoms with van der Waals surface area (Å²) in [6.45, 7) is 1.08. The van der Waals surface area contributed by atoms with Crippen LogP contribution in [0.5, 0.6) is 0 Å². The van der Waals surface area contributed by atoms with Crippen LogP contribution in [0.2, 0.25) is 10.0 Å². The molecule has 1 N–H and O–H groups in total. The van der Waals surface area contributed by atoms with E-state index >= 15 is 0 Å². The molecule has 0 aliphatic carbocycles. The highest BCUT2D eigenvalue weighted by Crippen LogP contribution is 2.29. The van der Waals surface area contributed by atoms with Gasteiger partial charge in [-0.25, -0.2) is 17.5 Å². The Kier molecular flexibility index (Phi) is 6.61. The number of sulfonamides is 1. The fraction of sp³-hybridized carbons (Fsp3) is 0.200. The highest BCUT2D eigenvalue weighted by atomic mass is 35.5. The Balaban J connectivity index is 1.70. The van der Waals surface area contributed by atoms with E-state index in [1.54, 1.807) is 25.1 Å². The van der Waals surface area contributed by atoms with E-state index in [0.717, 1.165) is 4.31 Å². The summed E-state index contributed by atoms with van der Waals surface area (Å²) in [7, 11) is -1.07. The Morgan fingerprint density at radius 2 is 1.84 bits per heavy atom. The minimum Gasteiger partial charge on any atom is -0.450 e. The highest BCUT2D eigenvalue weighted by Gasteiger charge is 2.23. The fourth-order valence-corrected chi connectivity index (χ4v) is 4.32. The second kappa shape index (κ2) is 8.88. The van der Waals surface area contributed by atoms with Crippen LogP contribution in [0, 0.1) is 6.92 Å². The summed E-state index contributed by atoms with van der Waals surface area (Å²) in [5.74, 6) is -1.51. The van der Waals surface area contributed by atoms with E-state index in [1.807, 2.05) is 0 Å². The van der Waals surface area contributed by atoms with Gasteiger partial charge >= 0.3 is 5.97 Å². The van der Waals surface area contributed by atoms with Crippen LogP contribution in [0.3, 0.4) is 0 Å². The smallest absolute Gasteiger partial charge is 0.375 e. The van der Waals surface area contributed by atoms with E-state index in [4.69, 9.17) is 32.4 Å². The lowest BCUT2D eigenvalue weighted by atomic mass is 10.1. The van der Waals surface area contributed by atoms with Crippen molar-refractivity contribution < 1.29 is 27.2 Å². The zero-order valence-corrected chi connectivity index (χ0v) is 19.1. The van der Waals surface area contributed by atoms with Gasteiger partial charge < -0.3 is 14.5 Å². The van der Waals surface area contributed by atoms with Crippen molar-refractivity contribution in [2.45, 2.75) is 11.8 Å². The number of fused-ring (bicyclic) bond motifs is 1. The molecule has 0 bridgehead atoms. The summed E-state index contributed by atoms with van der Waals surface area (Å²) in [4.78, 5) is 24.4. The van der Waals surface area contributed by atoms with Crippen molar-refractivity contribution >= 4 is 61.8 Å². The topological polar surface area (TPSA) is 106 Å². The number of ether oxygens (including phenoxy) is 1. The molecule has 1 aromatic heterocycles. The van der Waals surface area contributed by atoms with Crippen LogP contribution >= 0.6 is 23.2 Å². The zero-order valence-electron chi connectivity index (χ0n) is 16.7. The summed E-state index contributed by atoms with van der Waals surface area (Å²) >= 11 is 11.9. The maximum absolute atomic E-state index is 12.4. The molecule has 0 aliphatic rings. The van der Waals surface area contributed by atoms with Gasteiger partial charge in [0.1, 0.15) is 10.5 Å². The lowest BCUT2D eigenvalue weighted by molar-refractivity contribution is -0.119. The number of carbonyl (C=O) groups is 2. The summed E-state index contributed by atoms with van der Waals surface area (Å²) in [5, 5.41) is 3.64. The van der Waals surface area contributed by atoms with Gasteiger partial charge in [0.2, 0.25) is 15.8 Å². The number of benzene rings is 2. The third kappa shape index (κ3) is 4.85. The van der Waals surface area contributed by atoms with Crippen LogP contribution < -0.4 is 5.32 Å². The number of nitrogens with one attached hydrogen (secondary N) is 1. The van der Waals surface area contributed by atoms with E-state index in [1.165, 1.54) is 32.3 Å². The summed E-state index contributed by atoms with van der Waals surface area (Å²) in [5.41, 5.74) is 1.19. The quantitative estimate of drug-likeness (QED) is 0.528. The number of rotatable bonds is 6. The van der Waals surface area contributed by atoms with Crippen molar-refractivity contribution in [3.63, 3.8) is 0 Å². The molecule has 3 rings (SSSR count). The number of aryl methyl sites for hydroxylation is 1. The molecule has 11 heteroatoms. The van der Waals surface area contributed by atoms with Crippen molar-refractivity contribution in [2.75, 3.05) is 26.0 Å². The number of esters is 1. The number of furan rings is 1. The predicted molar refractivity (Wildman–Crippen MR) is 117 cm³/mol. The minimum absolute atomic E-state index is 0.0126. The van der Waals surface area contributed by atoms with Gasteiger partial charge in [-0.15, -0.1) is 0 Å². The molecule has 0 unspecified atom stereocenters. The van der Waals surface area contributed by atoms with Crippen molar-refractivity contribution in [1.82, 2.24) is 4.31 Å². The normalized spacial score (nSPS) is 11.7. The molecule has 164 valence electrons. The second-order valence-corrected chi connectivity index (χ2v) is 9.72. The first-order valence-corrected chi connectivity index (χ1v) is 11.1. The SMILES string of the molecule is Cc1c(C(=O)OCC(=O)Nc2ccc(Cl)c(S(=O)(=O)N(C)C)c2)oc2ccc(Cl)cc12.